The van der Waals surface area contributed by atoms with Crippen LogP contribution in [0.4, 0.5) is 0 Å². The lowest BCUT2D eigenvalue weighted by Crippen LogP contribution is -2.34. The van der Waals surface area contributed by atoms with Gasteiger partial charge in [0.1, 0.15) is 0 Å². The van der Waals surface area contributed by atoms with E-state index in [-0.39, 0.29) is 6.04 Å². The van der Waals surface area contributed by atoms with Gasteiger partial charge in [-0.05, 0) is 24.1 Å². The average Bonchev–Trinajstić information content (AvgIpc) is 2.95. The second kappa shape index (κ2) is 4.78. The smallest absolute Gasteiger partial charge is 0.0640 e. The van der Waals surface area contributed by atoms with Crippen molar-refractivity contribution in [2.45, 2.75) is 29.0 Å². The van der Waals surface area contributed by atoms with Crippen LogP contribution >= 0.6 is 11.8 Å². The van der Waals surface area contributed by atoms with Gasteiger partial charge in [0.05, 0.1) is 5.69 Å². The van der Waals surface area contributed by atoms with Gasteiger partial charge in [0.2, 0.25) is 0 Å². The van der Waals surface area contributed by atoms with E-state index in [0.717, 1.165) is 18.5 Å². The molecule has 0 spiro atoms. The number of nitrogens with two attached hydrogens (primary N) is 1. The summed E-state index contributed by atoms with van der Waals surface area (Å²) < 4.78 is 1.83. The van der Waals surface area contributed by atoms with Gasteiger partial charge in [-0.25, -0.2) is 0 Å². The monoisotopic (exact) mass is 259 g/mol. The summed E-state index contributed by atoms with van der Waals surface area (Å²) in [5, 5.41) is 4.87. The molecule has 3 nitrogen and oxygen atoms in total. The Kier molecular flexibility index (Phi) is 3.14. The summed E-state index contributed by atoms with van der Waals surface area (Å²) in [5.74, 6) is 0. The first-order valence-electron chi connectivity index (χ1n) is 6.21. The van der Waals surface area contributed by atoms with E-state index in [1.54, 1.807) is 0 Å². The van der Waals surface area contributed by atoms with E-state index >= 15 is 0 Å². The van der Waals surface area contributed by atoms with Gasteiger partial charge in [-0.1, -0.05) is 18.2 Å². The zero-order valence-electron chi connectivity index (χ0n) is 10.4. The van der Waals surface area contributed by atoms with E-state index in [1.807, 2.05) is 35.8 Å². The molecule has 18 heavy (non-hydrogen) atoms. The number of thioether (sulfide) groups is 1. The summed E-state index contributed by atoms with van der Waals surface area (Å²) in [6.45, 7) is 0. The molecule has 2 atom stereocenters. The number of aryl methyl sites for hydroxylation is 1. The number of fused-ring (bicyclic) bond motifs is 1. The van der Waals surface area contributed by atoms with Crippen molar-refractivity contribution in [3.63, 3.8) is 0 Å². The number of rotatable bonds is 3. The first kappa shape index (κ1) is 11.8. The van der Waals surface area contributed by atoms with Crippen LogP contribution in [-0.4, -0.2) is 21.1 Å². The maximum absolute atomic E-state index is 6.33. The second-order valence-electron chi connectivity index (χ2n) is 4.82. The quantitative estimate of drug-likeness (QED) is 0.917. The summed E-state index contributed by atoms with van der Waals surface area (Å²) in [4.78, 5) is 1.39. The van der Waals surface area contributed by atoms with Crippen molar-refractivity contribution < 1.29 is 0 Å². The van der Waals surface area contributed by atoms with E-state index in [1.165, 1.54) is 10.5 Å². The van der Waals surface area contributed by atoms with Crippen molar-refractivity contribution in [2.24, 2.45) is 12.8 Å². The Morgan fingerprint density at radius 3 is 3.00 bits per heavy atom. The molecule has 3 rings (SSSR count). The van der Waals surface area contributed by atoms with Crippen molar-refractivity contribution in [1.29, 1.82) is 0 Å². The molecule has 2 N–H and O–H groups in total. The summed E-state index contributed by atoms with van der Waals surface area (Å²) in [6.07, 6.45) is 3.90. The largest absolute Gasteiger partial charge is 0.326 e. The molecule has 0 fully saturated rings. The van der Waals surface area contributed by atoms with Crippen LogP contribution in [0.25, 0.3) is 0 Å². The van der Waals surface area contributed by atoms with Crippen LogP contribution in [0, 0.1) is 0 Å². The molecular weight excluding hydrogens is 242 g/mol. The molecule has 1 aromatic carbocycles. The van der Waals surface area contributed by atoms with Gasteiger partial charge >= 0.3 is 0 Å². The standard InChI is InChI=1S/C14H17N3S/c1-17-7-6-11(16-17)9-12(15)14-8-10-4-2-3-5-13(10)18-14/h2-7,12,14H,8-9,15H2,1H3. The topological polar surface area (TPSA) is 43.8 Å². The molecule has 2 unspecified atom stereocenters. The van der Waals surface area contributed by atoms with Crippen LogP contribution in [0.15, 0.2) is 41.4 Å². The lowest BCUT2D eigenvalue weighted by Gasteiger charge is -2.16. The fourth-order valence-electron chi connectivity index (χ4n) is 2.39. The van der Waals surface area contributed by atoms with Crippen molar-refractivity contribution in [1.82, 2.24) is 9.78 Å². The summed E-state index contributed by atoms with van der Waals surface area (Å²) in [5.41, 5.74) is 8.85. The fourth-order valence-corrected chi connectivity index (χ4v) is 3.71. The highest BCUT2D eigenvalue weighted by molar-refractivity contribution is 8.00. The van der Waals surface area contributed by atoms with E-state index in [2.05, 4.69) is 29.4 Å². The molecule has 2 heterocycles. The molecule has 0 amide bonds. The molecule has 0 saturated carbocycles. The van der Waals surface area contributed by atoms with Crippen molar-refractivity contribution >= 4 is 11.8 Å². The molecule has 4 heteroatoms. The molecule has 2 aromatic rings. The van der Waals surface area contributed by atoms with Gasteiger partial charge in [-0.3, -0.25) is 4.68 Å². The van der Waals surface area contributed by atoms with Crippen LogP contribution < -0.4 is 5.73 Å². The van der Waals surface area contributed by atoms with Crippen LogP contribution in [0.3, 0.4) is 0 Å². The highest BCUT2D eigenvalue weighted by atomic mass is 32.2. The minimum Gasteiger partial charge on any atom is -0.326 e. The Bertz CT molecular complexity index is 524. The predicted molar refractivity (Wildman–Crippen MR) is 74.7 cm³/mol. The Morgan fingerprint density at radius 2 is 2.28 bits per heavy atom. The average molecular weight is 259 g/mol. The zero-order chi connectivity index (χ0) is 12.5. The van der Waals surface area contributed by atoms with Gasteiger partial charge in [0.15, 0.2) is 0 Å². The molecule has 94 valence electrons. The lowest BCUT2D eigenvalue weighted by atomic mass is 10.0. The van der Waals surface area contributed by atoms with Crippen LogP contribution in [0.5, 0.6) is 0 Å². The first-order chi connectivity index (χ1) is 8.72. The SMILES string of the molecule is Cn1ccc(CC(N)C2Cc3ccccc3S2)n1. The number of nitrogens with zero attached hydrogens (tertiary/aromatic N) is 2. The fraction of sp³-hybridized carbons (Fsp3) is 0.357. The normalized spacial score (nSPS) is 19.8. The minimum atomic E-state index is 0.164. The molecule has 0 saturated heterocycles. The number of benzene rings is 1. The van der Waals surface area contributed by atoms with Crippen molar-refractivity contribution in [3.8, 4) is 0 Å². The molecule has 0 aliphatic carbocycles. The van der Waals surface area contributed by atoms with E-state index in [4.69, 9.17) is 5.73 Å². The molecule has 1 aromatic heterocycles. The van der Waals surface area contributed by atoms with Gasteiger partial charge < -0.3 is 5.73 Å². The van der Waals surface area contributed by atoms with E-state index in [0.29, 0.717) is 5.25 Å². The summed E-state index contributed by atoms with van der Waals surface area (Å²) in [7, 11) is 1.94. The zero-order valence-corrected chi connectivity index (χ0v) is 11.2. The van der Waals surface area contributed by atoms with Crippen molar-refractivity contribution in [3.05, 3.63) is 47.8 Å². The van der Waals surface area contributed by atoms with E-state index in [9.17, 15) is 0 Å². The van der Waals surface area contributed by atoms with Crippen LogP contribution in [0.1, 0.15) is 11.3 Å². The van der Waals surface area contributed by atoms with Gasteiger partial charge in [0.25, 0.3) is 0 Å². The van der Waals surface area contributed by atoms with Crippen LogP contribution in [0.2, 0.25) is 0 Å². The van der Waals surface area contributed by atoms with Gasteiger partial charge in [-0.2, -0.15) is 5.10 Å². The summed E-state index contributed by atoms with van der Waals surface area (Å²) in [6, 6.07) is 10.8. The Balaban J connectivity index is 1.67. The minimum absolute atomic E-state index is 0.164. The maximum atomic E-state index is 6.33. The molecular formula is C14H17N3S. The Labute approximate surface area is 111 Å². The molecule has 0 bridgehead atoms. The number of aromatic nitrogens is 2. The van der Waals surface area contributed by atoms with Crippen LogP contribution in [-0.2, 0) is 19.9 Å². The van der Waals surface area contributed by atoms with E-state index < -0.39 is 0 Å². The lowest BCUT2D eigenvalue weighted by molar-refractivity contribution is 0.614. The Hall–Kier alpha value is -1.26. The van der Waals surface area contributed by atoms with Crippen molar-refractivity contribution in [2.75, 3.05) is 0 Å². The predicted octanol–water partition coefficient (Wildman–Crippen LogP) is 2.01. The van der Waals surface area contributed by atoms with Gasteiger partial charge in [0, 0.05) is 35.9 Å². The first-order valence-corrected chi connectivity index (χ1v) is 7.09. The third-order valence-corrected chi connectivity index (χ3v) is 4.83. The second-order valence-corrected chi connectivity index (χ2v) is 6.10. The Morgan fingerprint density at radius 1 is 1.44 bits per heavy atom. The maximum Gasteiger partial charge on any atom is 0.0640 e. The van der Waals surface area contributed by atoms with Gasteiger partial charge in [-0.15, -0.1) is 11.8 Å². The number of hydrogen-bond donors (Lipinski definition) is 1. The highest BCUT2D eigenvalue weighted by Crippen LogP contribution is 2.38. The number of hydrogen-bond acceptors (Lipinski definition) is 3. The molecule has 1 aliphatic heterocycles. The molecule has 1 aliphatic rings. The molecule has 0 radical (unpaired) electrons. The third-order valence-electron chi connectivity index (χ3n) is 3.36. The highest BCUT2D eigenvalue weighted by Gasteiger charge is 2.27. The third kappa shape index (κ3) is 2.31. The summed E-state index contributed by atoms with van der Waals surface area (Å²) >= 11 is 1.91.